The van der Waals surface area contributed by atoms with Crippen molar-refractivity contribution >= 4 is 5.91 Å². The Balaban J connectivity index is 1.56. The lowest BCUT2D eigenvalue weighted by Gasteiger charge is -2.48. The van der Waals surface area contributed by atoms with Crippen LogP contribution < -0.4 is 5.32 Å². The number of nitrogens with one attached hydrogen (secondary N) is 1. The molecule has 3 aliphatic heterocycles. The molecule has 3 aliphatic rings. The van der Waals surface area contributed by atoms with E-state index in [1.807, 2.05) is 18.2 Å². The summed E-state index contributed by atoms with van der Waals surface area (Å²) in [5.74, 6) is -0.374. The van der Waals surface area contributed by atoms with Gasteiger partial charge in [-0.25, -0.2) is 0 Å². The fourth-order valence-electron chi connectivity index (χ4n) is 8.76. The molecule has 1 amide bonds. The number of hydrogen-bond acceptors (Lipinski definition) is 18. The average Bonchev–Trinajstić information content (AvgIpc) is 3.42. The first kappa shape index (κ1) is 68.0. The molecule has 19 heteroatoms. The maximum absolute atomic E-state index is 13.2. The van der Waals surface area contributed by atoms with Gasteiger partial charge < -0.3 is 89.9 Å². The molecule has 0 aromatic carbocycles. The highest BCUT2D eigenvalue weighted by Gasteiger charge is 2.53. The Bertz CT molecular complexity index is 1780. The summed E-state index contributed by atoms with van der Waals surface area (Å²) in [5.41, 5.74) is 0. The highest BCUT2D eigenvalue weighted by Crippen LogP contribution is 2.33. The van der Waals surface area contributed by atoms with Crippen LogP contribution in [0.5, 0.6) is 0 Å². The summed E-state index contributed by atoms with van der Waals surface area (Å²) >= 11 is 0. The van der Waals surface area contributed by atoms with Crippen LogP contribution in [0.15, 0.2) is 97.2 Å². The van der Waals surface area contributed by atoms with Crippen molar-refractivity contribution in [2.24, 2.45) is 0 Å². The van der Waals surface area contributed by atoms with Crippen LogP contribution in [-0.2, 0) is 33.2 Å². The lowest BCUT2D eigenvalue weighted by atomic mass is 9.96. The number of allylic oxidation sites excluding steroid dienone is 15. The van der Waals surface area contributed by atoms with Crippen molar-refractivity contribution in [1.29, 1.82) is 0 Å². The van der Waals surface area contributed by atoms with E-state index in [4.69, 9.17) is 28.4 Å². The van der Waals surface area contributed by atoms with Crippen LogP contribution in [0.4, 0.5) is 0 Å². The third kappa shape index (κ3) is 25.4. The molecular weight excluding hydrogens is 999 g/mol. The summed E-state index contributed by atoms with van der Waals surface area (Å²) in [7, 11) is 0. The molecule has 0 radical (unpaired) electrons. The molecule has 3 heterocycles. The van der Waals surface area contributed by atoms with Gasteiger partial charge in [0.15, 0.2) is 18.9 Å². The molecule has 0 aromatic rings. The monoisotopic (exact) mass is 1090 g/mol. The second-order valence-corrected chi connectivity index (χ2v) is 19.7. The largest absolute Gasteiger partial charge is 0.394 e. The number of carbonyl (C=O) groups is 1. The van der Waals surface area contributed by atoms with Gasteiger partial charge in [-0.3, -0.25) is 4.79 Å². The van der Waals surface area contributed by atoms with Gasteiger partial charge in [0.25, 0.3) is 0 Å². The predicted molar refractivity (Wildman–Crippen MR) is 290 cm³/mol. The Morgan fingerprint density at radius 2 is 0.909 bits per heavy atom. The van der Waals surface area contributed by atoms with Crippen molar-refractivity contribution in [2.45, 2.75) is 234 Å². The zero-order valence-electron chi connectivity index (χ0n) is 45.4. The molecule has 3 rings (SSSR count). The lowest BCUT2D eigenvalue weighted by Crippen LogP contribution is -2.66. The summed E-state index contributed by atoms with van der Waals surface area (Å²) in [4.78, 5) is 13.2. The molecular formula is C58H95NO18. The minimum absolute atomic E-state index is 0.104. The molecule has 19 nitrogen and oxygen atoms in total. The first-order valence-electron chi connectivity index (χ1n) is 28.0. The van der Waals surface area contributed by atoms with Gasteiger partial charge in [0.05, 0.1) is 38.6 Å². The molecule has 0 spiro atoms. The highest BCUT2D eigenvalue weighted by atomic mass is 16.8. The average molecular weight is 1090 g/mol. The molecule has 0 aromatic heterocycles. The predicted octanol–water partition coefficient (Wildman–Crippen LogP) is 3.81. The van der Waals surface area contributed by atoms with E-state index < -0.39 is 131 Å². The van der Waals surface area contributed by atoms with E-state index in [0.717, 1.165) is 51.4 Å². The Kier molecular flexibility index (Phi) is 36.0. The fraction of sp³-hybridized carbons (Fsp3) is 0.707. The summed E-state index contributed by atoms with van der Waals surface area (Å²) < 4.78 is 34.1. The van der Waals surface area contributed by atoms with Crippen molar-refractivity contribution in [3.05, 3.63) is 97.2 Å². The van der Waals surface area contributed by atoms with Crippen LogP contribution in [-0.4, -0.2) is 193 Å². The van der Waals surface area contributed by atoms with Crippen molar-refractivity contribution in [3.63, 3.8) is 0 Å². The number of rotatable bonds is 38. The van der Waals surface area contributed by atoms with Crippen LogP contribution in [0.2, 0.25) is 0 Å². The number of hydrogen-bond donors (Lipinski definition) is 12. The zero-order chi connectivity index (χ0) is 56.2. The highest BCUT2D eigenvalue weighted by molar-refractivity contribution is 5.76. The van der Waals surface area contributed by atoms with E-state index >= 15 is 0 Å². The second-order valence-electron chi connectivity index (χ2n) is 19.7. The fourth-order valence-corrected chi connectivity index (χ4v) is 8.76. The molecule has 3 fully saturated rings. The van der Waals surface area contributed by atoms with E-state index in [-0.39, 0.29) is 12.3 Å². The SMILES string of the molecule is CC/C=C\C/C=C\C/C=C\C/C=C\C/C=C\C/C=C\CCC(=O)NC(COC1OC(CO)C(OC2OC(CO)C(OC3OC(CO)C(O)C(O)C3O)C(O)C2O)C(O)C1O)C(O)/C=C/CC/C=C/CCCCCCCCC. The molecule has 3 saturated heterocycles. The van der Waals surface area contributed by atoms with Crippen molar-refractivity contribution in [3.8, 4) is 0 Å². The smallest absolute Gasteiger partial charge is 0.220 e. The third-order valence-electron chi connectivity index (χ3n) is 13.4. The molecule has 12 N–H and O–H groups in total. The number of ether oxygens (including phenoxy) is 6. The van der Waals surface area contributed by atoms with E-state index in [1.54, 1.807) is 6.08 Å². The van der Waals surface area contributed by atoms with Crippen LogP contribution >= 0.6 is 0 Å². The molecule has 77 heavy (non-hydrogen) atoms. The molecule has 0 bridgehead atoms. The number of aliphatic hydroxyl groups excluding tert-OH is 11. The molecule has 0 aliphatic carbocycles. The summed E-state index contributed by atoms with van der Waals surface area (Å²) in [5, 5.41) is 120. The Hall–Kier alpha value is -3.29. The topological polar surface area (TPSA) is 307 Å². The minimum Gasteiger partial charge on any atom is -0.394 e. The van der Waals surface area contributed by atoms with Crippen LogP contribution in [0.1, 0.15) is 129 Å². The van der Waals surface area contributed by atoms with Gasteiger partial charge >= 0.3 is 0 Å². The summed E-state index contributed by atoms with van der Waals surface area (Å²) in [6, 6.07) is -1.03. The Morgan fingerprint density at radius 3 is 1.44 bits per heavy atom. The number of unbranched alkanes of at least 4 members (excludes halogenated alkanes) is 8. The van der Waals surface area contributed by atoms with Crippen LogP contribution in [0.3, 0.4) is 0 Å². The first-order chi connectivity index (χ1) is 37.3. The van der Waals surface area contributed by atoms with Gasteiger partial charge in [0.1, 0.15) is 73.2 Å². The molecule has 17 atom stereocenters. The maximum Gasteiger partial charge on any atom is 0.220 e. The lowest BCUT2D eigenvalue weighted by molar-refractivity contribution is -0.379. The van der Waals surface area contributed by atoms with Crippen LogP contribution in [0, 0.1) is 0 Å². The number of aliphatic hydroxyl groups is 11. The Labute approximate surface area is 456 Å². The van der Waals surface area contributed by atoms with E-state index in [9.17, 15) is 61.0 Å². The summed E-state index contributed by atoms with van der Waals surface area (Å²) in [6.07, 6.45) is 22.7. The molecule has 440 valence electrons. The zero-order valence-corrected chi connectivity index (χ0v) is 45.4. The minimum atomic E-state index is -1.99. The van der Waals surface area contributed by atoms with E-state index in [0.29, 0.717) is 19.3 Å². The molecule has 17 unspecified atom stereocenters. The standard InChI is InChI=1S/C58H95NO18/c1-3-5-7-9-11-13-15-17-18-19-20-21-22-24-26-28-30-32-34-36-46(64)59-41(42(63)35-33-31-29-27-25-23-16-14-12-10-8-6-4-2)40-72-56-52(70)49(67)54(44(38-61)74-56)77-58-53(71)50(68)55(45(39-62)75-58)76-57-51(69)48(66)47(65)43(37-60)73-57/h5,7,11,13,17-18,20-21,24-27,30,32-33,35,41-45,47-58,60-63,65-71H,3-4,6,8-10,12,14-16,19,22-23,28-29,31,34,36-40H2,1-2H3,(H,59,64)/b7-5-,13-11-,18-17-,21-20-,26-24-,27-25+,32-30-,35-33+. The van der Waals surface area contributed by atoms with Crippen molar-refractivity contribution < 1.29 is 89.4 Å². The number of amides is 1. The van der Waals surface area contributed by atoms with Gasteiger partial charge in [0.2, 0.25) is 5.91 Å². The van der Waals surface area contributed by atoms with Gasteiger partial charge in [-0.1, -0.05) is 150 Å². The maximum atomic E-state index is 13.2. The normalized spacial score (nSPS) is 31.5. The first-order valence-corrected chi connectivity index (χ1v) is 28.0. The van der Waals surface area contributed by atoms with Gasteiger partial charge in [0, 0.05) is 6.42 Å². The van der Waals surface area contributed by atoms with Gasteiger partial charge in [-0.15, -0.1) is 0 Å². The van der Waals surface area contributed by atoms with E-state index in [1.165, 1.54) is 38.5 Å². The summed E-state index contributed by atoms with van der Waals surface area (Å²) in [6.45, 7) is 1.47. The van der Waals surface area contributed by atoms with Gasteiger partial charge in [-0.2, -0.15) is 0 Å². The van der Waals surface area contributed by atoms with Crippen molar-refractivity contribution in [2.75, 3.05) is 26.4 Å². The van der Waals surface area contributed by atoms with Crippen LogP contribution in [0.25, 0.3) is 0 Å². The third-order valence-corrected chi connectivity index (χ3v) is 13.4. The van der Waals surface area contributed by atoms with Crippen molar-refractivity contribution in [1.82, 2.24) is 5.32 Å². The quantitative estimate of drug-likeness (QED) is 0.0309. The van der Waals surface area contributed by atoms with Gasteiger partial charge in [-0.05, 0) is 70.6 Å². The Morgan fingerprint density at radius 1 is 0.481 bits per heavy atom. The van der Waals surface area contributed by atoms with E-state index in [2.05, 4.69) is 92.1 Å². The number of carbonyl (C=O) groups excluding carboxylic acids is 1. The second kappa shape index (κ2) is 40.8. The molecule has 0 saturated carbocycles.